The molecule has 0 atom stereocenters. The topological polar surface area (TPSA) is 140 Å². The molecule has 0 radical (unpaired) electrons. The molecule has 0 fully saturated rings. The molecule has 0 spiro atoms. The molecule has 0 saturated heterocycles. The lowest BCUT2D eigenvalue weighted by atomic mass is 10.1. The Balaban J connectivity index is 2.03. The van der Waals surface area contributed by atoms with Crippen LogP contribution >= 0.6 is 0 Å². The molecular formula is C21H26N4O4. The van der Waals surface area contributed by atoms with Gasteiger partial charge in [0.05, 0.1) is 11.4 Å². The highest BCUT2D eigenvalue weighted by Gasteiger charge is 2.16. The van der Waals surface area contributed by atoms with Crippen molar-refractivity contribution in [3.63, 3.8) is 0 Å². The van der Waals surface area contributed by atoms with Gasteiger partial charge in [-0.05, 0) is 63.1 Å². The number of hydrogen-bond donors (Lipinski definition) is 4. The van der Waals surface area contributed by atoms with Crippen LogP contribution in [-0.2, 0) is 16.0 Å². The fraction of sp³-hybridized carbons (Fsp3) is 0.286. The Morgan fingerprint density at radius 3 is 2.48 bits per heavy atom. The number of phenols is 1. The number of aryl methyl sites for hydroxylation is 1. The third-order valence-corrected chi connectivity index (χ3v) is 3.71. The molecule has 8 nitrogen and oxygen atoms in total. The molecule has 0 aliphatic carbocycles. The number of carbonyl (C=O) groups is 2. The van der Waals surface area contributed by atoms with Crippen molar-refractivity contribution in [3.05, 3.63) is 53.6 Å². The summed E-state index contributed by atoms with van der Waals surface area (Å²) in [5.41, 5.74) is 11.9. The number of nitrogens with one attached hydrogen (secondary N) is 1. The van der Waals surface area contributed by atoms with Crippen LogP contribution in [0.3, 0.4) is 0 Å². The Hall–Kier alpha value is -3.55. The maximum Gasteiger partial charge on any atom is 0.306 e. The van der Waals surface area contributed by atoms with Gasteiger partial charge in [-0.2, -0.15) is 0 Å². The molecule has 6 N–H and O–H groups in total. The molecule has 2 rings (SSSR count). The molecule has 2 aromatic carbocycles. The summed E-state index contributed by atoms with van der Waals surface area (Å²) < 4.78 is 5.27. The molecule has 1 amide bonds. The van der Waals surface area contributed by atoms with Gasteiger partial charge in [0.15, 0.2) is 5.96 Å². The minimum Gasteiger partial charge on any atom is -0.506 e. The fourth-order valence-electron chi connectivity index (χ4n) is 2.54. The zero-order valence-electron chi connectivity index (χ0n) is 16.7. The highest BCUT2D eigenvalue weighted by Crippen LogP contribution is 2.26. The van der Waals surface area contributed by atoms with Crippen molar-refractivity contribution < 1.29 is 19.4 Å². The number of aliphatic imine (C=N–C) groups is 1. The predicted molar refractivity (Wildman–Crippen MR) is 112 cm³/mol. The molecule has 0 heterocycles. The van der Waals surface area contributed by atoms with Gasteiger partial charge >= 0.3 is 5.97 Å². The third-order valence-electron chi connectivity index (χ3n) is 3.71. The van der Waals surface area contributed by atoms with Gasteiger partial charge in [-0.1, -0.05) is 12.1 Å². The van der Waals surface area contributed by atoms with E-state index in [1.807, 2.05) is 0 Å². The van der Waals surface area contributed by atoms with Crippen LogP contribution in [0.4, 0.5) is 11.4 Å². The first-order valence-corrected chi connectivity index (χ1v) is 9.08. The lowest BCUT2D eigenvalue weighted by Gasteiger charge is -2.19. The number of nitrogens with two attached hydrogens (primary N) is 2. The standard InChI is InChI=1S/C21H26N4O4/c1-21(2,3)29-18(27)10-8-13-7-9-16(17(26)11-13)25-19(28)14-5-4-6-15(12-14)24-20(22)23/h4-7,9,11-12,26H,8,10H2,1-3H3,(H,25,28)(H4,22,23,24). The first-order chi connectivity index (χ1) is 13.5. The summed E-state index contributed by atoms with van der Waals surface area (Å²) in [5, 5.41) is 12.9. The lowest BCUT2D eigenvalue weighted by molar-refractivity contribution is -0.154. The number of esters is 1. The number of hydrogen-bond acceptors (Lipinski definition) is 5. The molecule has 2 aromatic rings. The Morgan fingerprint density at radius 1 is 1.14 bits per heavy atom. The van der Waals surface area contributed by atoms with Crippen molar-refractivity contribution in [3.8, 4) is 5.75 Å². The number of amides is 1. The number of phenolic OH excluding ortho intramolecular Hbond substituents is 1. The smallest absolute Gasteiger partial charge is 0.306 e. The van der Waals surface area contributed by atoms with Crippen LogP contribution in [0.5, 0.6) is 5.75 Å². The Labute approximate surface area is 169 Å². The van der Waals surface area contributed by atoms with Gasteiger partial charge in [-0.15, -0.1) is 0 Å². The number of benzene rings is 2. The molecule has 8 heteroatoms. The van der Waals surface area contributed by atoms with E-state index < -0.39 is 11.5 Å². The Morgan fingerprint density at radius 2 is 1.86 bits per heavy atom. The van der Waals surface area contributed by atoms with Crippen LogP contribution < -0.4 is 16.8 Å². The van der Waals surface area contributed by atoms with Gasteiger partial charge in [-0.3, -0.25) is 9.59 Å². The highest BCUT2D eigenvalue weighted by molar-refractivity contribution is 6.05. The van der Waals surface area contributed by atoms with Crippen molar-refractivity contribution in [1.29, 1.82) is 0 Å². The van der Waals surface area contributed by atoms with Gasteiger partial charge in [0.25, 0.3) is 5.91 Å². The third kappa shape index (κ3) is 7.17. The lowest BCUT2D eigenvalue weighted by Crippen LogP contribution is -2.24. The number of nitrogens with zero attached hydrogens (tertiary/aromatic N) is 1. The summed E-state index contributed by atoms with van der Waals surface area (Å²) in [7, 11) is 0. The van der Waals surface area contributed by atoms with E-state index in [1.54, 1.807) is 51.1 Å². The Kier molecular flexibility index (Phi) is 6.82. The van der Waals surface area contributed by atoms with Gasteiger partial charge in [-0.25, -0.2) is 4.99 Å². The first-order valence-electron chi connectivity index (χ1n) is 9.08. The average Bonchev–Trinajstić information content (AvgIpc) is 2.60. The summed E-state index contributed by atoms with van der Waals surface area (Å²) in [6.07, 6.45) is 0.608. The van der Waals surface area contributed by atoms with Crippen molar-refractivity contribution in [1.82, 2.24) is 0 Å². The second-order valence-electron chi connectivity index (χ2n) is 7.48. The number of carbonyl (C=O) groups excluding carboxylic acids is 2. The van der Waals surface area contributed by atoms with Crippen LogP contribution in [-0.4, -0.2) is 28.5 Å². The van der Waals surface area contributed by atoms with Crippen molar-refractivity contribution in [2.75, 3.05) is 5.32 Å². The quantitative estimate of drug-likeness (QED) is 0.255. The van der Waals surface area contributed by atoms with Gasteiger partial charge in [0, 0.05) is 12.0 Å². The van der Waals surface area contributed by atoms with Crippen molar-refractivity contribution >= 4 is 29.2 Å². The molecular weight excluding hydrogens is 372 g/mol. The maximum atomic E-state index is 12.4. The van der Waals surface area contributed by atoms with E-state index >= 15 is 0 Å². The van der Waals surface area contributed by atoms with Crippen LogP contribution in [0.2, 0.25) is 0 Å². The van der Waals surface area contributed by atoms with E-state index in [0.717, 1.165) is 5.56 Å². The summed E-state index contributed by atoms with van der Waals surface area (Å²) >= 11 is 0. The zero-order chi connectivity index (χ0) is 21.6. The summed E-state index contributed by atoms with van der Waals surface area (Å²) in [5.74, 6) is -0.938. The monoisotopic (exact) mass is 398 g/mol. The minimum absolute atomic E-state index is 0.0968. The molecule has 0 unspecified atom stereocenters. The largest absolute Gasteiger partial charge is 0.506 e. The van der Waals surface area contributed by atoms with Crippen LogP contribution in [0.15, 0.2) is 47.5 Å². The van der Waals surface area contributed by atoms with E-state index in [-0.39, 0.29) is 29.8 Å². The molecule has 0 aliphatic heterocycles. The summed E-state index contributed by atoms with van der Waals surface area (Å²) in [6, 6.07) is 11.3. The zero-order valence-corrected chi connectivity index (χ0v) is 16.7. The molecule has 0 aromatic heterocycles. The fourth-order valence-corrected chi connectivity index (χ4v) is 2.54. The normalized spacial score (nSPS) is 10.9. The average molecular weight is 398 g/mol. The second-order valence-corrected chi connectivity index (χ2v) is 7.48. The predicted octanol–water partition coefficient (Wildman–Crippen LogP) is 2.82. The van der Waals surface area contributed by atoms with Crippen LogP contribution in [0.25, 0.3) is 0 Å². The van der Waals surface area contributed by atoms with Crippen molar-refractivity contribution in [2.45, 2.75) is 39.2 Å². The summed E-state index contributed by atoms with van der Waals surface area (Å²) in [6.45, 7) is 5.42. The van der Waals surface area contributed by atoms with Gasteiger partial charge < -0.3 is 26.6 Å². The molecule has 29 heavy (non-hydrogen) atoms. The van der Waals surface area contributed by atoms with Gasteiger partial charge in [0.2, 0.25) is 0 Å². The Bertz CT molecular complexity index is 929. The van der Waals surface area contributed by atoms with Crippen LogP contribution in [0, 0.1) is 0 Å². The number of aromatic hydroxyl groups is 1. The van der Waals surface area contributed by atoms with E-state index in [1.165, 1.54) is 12.1 Å². The molecule has 0 saturated carbocycles. The molecule has 154 valence electrons. The number of anilines is 1. The van der Waals surface area contributed by atoms with E-state index in [2.05, 4.69) is 10.3 Å². The SMILES string of the molecule is CC(C)(C)OC(=O)CCc1ccc(NC(=O)c2cccc(N=C(N)N)c2)c(O)c1. The first kappa shape index (κ1) is 21.7. The number of guanidine groups is 1. The maximum absolute atomic E-state index is 12.4. The van der Waals surface area contributed by atoms with E-state index in [0.29, 0.717) is 17.7 Å². The molecule has 0 bridgehead atoms. The van der Waals surface area contributed by atoms with Crippen molar-refractivity contribution in [2.24, 2.45) is 16.5 Å². The number of rotatable bonds is 6. The number of ether oxygens (including phenoxy) is 1. The van der Waals surface area contributed by atoms with Gasteiger partial charge in [0.1, 0.15) is 11.4 Å². The summed E-state index contributed by atoms with van der Waals surface area (Å²) in [4.78, 5) is 28.2. The highest BCUT2D eigenvalue weighted by atomic mass is 16.6. The minimum atomic E-state index is -0.536. The second kappa shape index (κ2) is 9.09. The van der Waals surface area contributed by atoms with E-state index in [9.17, 15) is 14.7 Å². The van der Waals surface area contributed by atoms with Crippen LogP contribution in [0.1, 0.15) is 43.1 Å². The van der Waals surface area contributed by atoms with E-state index in [4.69, 9.17) is 16.2 Å². The molecule has 0 aliphatic rings.